The van der Waals surface area contributed by atoms with Crippen molar-refractivity contribution in [1.29, 1.82) is 0 Å². The van der Waals surface area contributed by atoms with E-state index < -0.39 is 0 Å². The molecule has 0 aliphatic heterocycles. The van der Waals surface area contributed by atoms with Crippen molar-refractivity contribution in [1.82, 2.24) is 19.5 Å². The second-order valence-electron chi connectivity index (χ2n) is 14.4. The van der Waals surface area contributed by atoms with E-state index in [0.717, 1.165) is 77.4 Å². The van der Waals surface area contributed by atoms with Gasteiger partial charge in [0.15, 0.2) is 17.5 Å². The molecular formula is C51H30N4O2. The van der Waals surface area contributed by atoms with E-state index >= 15 is 0 Å². The molecule has 12 aromatic rings. The Morgan fingerprint density at radius 2 is 0.895 bits per heavy atom. The molecule has 8 aromatic carbocycles. The molecule has 0 spiro atoms. The van der Waals surface area contributed by atoms with Gasteiger partial charge in [0, 0.05) is 54.7 Å². The van der Waals surface area contributed by atoms with Gasteiger partial charge >= 0.3 is 0 Å². The first-order valence-corrected chi connectivity index (χ1v) is 19.0. The Morgan fingerprint density at radius 1 is 0.333 bits per heavy atom. The number of aromatic nitrogens is 4. The molecule has 6 nitrogen and oxygen atoms in total. The molecule has 4 aromatic heterocycles. The molecular weight excluding hydrogens is 701 g/mol. The monoisotopic (exact) mass is 730 g/mol. The largest absolute Gasteiger partial charge is 0.456 e. The van der Waals surface area contributed by atoms with Crippen LogP contribution in [0.2, 0.25) is 0 Å². The average Bonchev–Trinajstić information content (AvgIpc) is 3.96. The highest BCUT2D eigenvalue weighted by Crippen LogP contribution is 2.42. The van der Waals surface area contributed by atoms with Crippen LogP contribution in [0.4, 0.5) is 0 Å². The normalized spacial score (nSPS) is 11.9. The Kier molecular flexibility index (Phi) is 6.83. The van der Waals surface area contributed by atoms with Gasteiger partial charge in [-0.25, -0.2) is 15.0 Å². The summed E-state index contributed by atoms with van der Waals surface area (Å²) in [5.41, 5.74) is 11.5. The van der Waals surface area contributed by atoms with Crippen molar-refractivity contribution in [3.63, 3.8) is 0 Å². The maximum Gasteiger partial charge on any atom is 0.164 e. The zero-order valence-electron chi connectivity index (χ0n) is 30.4. The first-order chi connectivity index (χ1) is 28.2. The van der Waals surface area contributed by atoms with Crippen molar-refractivity contribution in [2.75, 3.05) is 0 Å². The predicted octanol–water partition coefficient (Wildman–Crippen LogP) is 13.4. The summed E-state index contributed by atoms with van der Waals surface area (Å²) in [4.78, 5) is 15.0. The summed E-state index contributed by atoms with van der Waals surface area (Å²) >= 11 is 0. The smallest absolute Gasteiger partial charge is 0.164 e. The lowest BCUT2D eigenvalue weighted by Gasteiger charge is -2.09. The molecule has 0 fully saturated rings. The van der Waals surface area contributed by atoms with E-state index in [1.807, 2.05) is 78.9 Å². The number of hydrogen-bond donors (Lipinski definition) is 0. The molecule has 57 heavy (non-hydrogen) atoms. The molecule has 0 bridgehead atoms. The minimum absolute atomic E-state index is 0.591. The molecule has 4 heterocycles. The lowest BCUT2D eigenvalue weighted by molar-refractivity contribution is 0.668. The first-order valence-electron chi connectivity index (χ1n) is 19.0. The lowest BCUT2D eigenvalue weighted by atomic mass is 9.97. The van der Waals surface area contributed by atoms with Crippen LogP contribution >= 0.6 is 0 Å². The van der Waals surface area contributed by atoms with Crippen LogP contribution in [0.15, 0.2) is 191 Å². The van der Waals surface area contributed by atoms with Crippen LogP contribution in [0.5, 0.6) is 0 Å². The van der Waals surface area contributed by atoms with Crippen LogP contribution in [0, 0.1) is 0 Å². The fourth-order valence-electron chi connectivity index (χ4n) is 8.50. The Labute approximate surface area is 325 Å². The highest BCUT2D eigenvalue weighted by atomic mass is 16.3. The van der Waals surface area contributed by atoms with E-state index in [-0.39, 0.29) is 0 Å². The highest BCUT2D eigenvalue weighted by molar-refractivity contribution is 6.16. The summed E-state index contributed by atoms with van der Waals surface area (Å²) in [5.74, 6) is 1.83. The van der Waals surface area contributed by atoms with Crippen molar-refractivity contribution in [3.05, 3.63) is 182 Å². The lowest BCUT2D eigenvalue weighted by Crippen LogP contribution is -2.00. The molecule has 6 heteroatoms. The number of fused-ring (bicyclic) bond motifs is 9. The molecule has 0 amide bonds. The summed E-state index contributed by atoms with van der Waals surface area (Å²) in [7, 11) is 0. The van der Waals surface area contributed by atoms with E-state index in [0.29, 0.717) is 17.5 Å². The number of para-hydroxylation sites is 2. The van der Waals surface area contributed by atoms with E-state index in [9.17, 15) is 0 Å². The van der Waals surface area contributed by atoms with Crippen molar-refractivity contribution in [2.24, 2.45) is 0 Å². The van der Waals surface area contributed by atoms with Crippen molar-refractivity contribution >= 4 is 65.7 Å². The number of furan rings is 2. The zero-order valence-corrected chi connectivity index (χ0v) is 30.4. The van der Waals surface area contributed by atoms with Gasteiger partial charge in [-0.1, -0.05) is 127 Å². The van der Waals surface area contributed by atoms with E-state index in [2.05, 4.69) is 108 Å². The number of benzene rings is 8. The SMILES string of the molecule is c1ccc(-c2nc(-c3ccccc3)nc(-c3cccc4oc5cc(-c6cccc7oc8ccc(-n9c%10ccccc%10c%10ccccc%109)cc8c67)ccc5c34)n2)cc1. The van der Waals surface area contributed by atoms with Gasteiger partial charge in [-0.05, 0) is 65.7 Å². The van der Waals surface area contributed by atoms with Crippen LogP contribution in [0.25, 0.3) is 117 Å². The summed E-state index contributed by atoms with van der Waals surface area (Å²) in [6, 6.07) is 62.6. The molecule has 0 aliphatic rings. The van der Waals surface area contributed by atoms with Crippen LogP contribution in [-0.4, -0.2) is 19.5 Å². The number of rotatable bonds is 5. The summed E-state index contributed by atoms with van der Waals surface area (Å²) in [6.07, 6.45) is 0. The van der Waals surface area contributed by atoms with Gasteiger partial charge in [0.1, 0.15) is 22.3 Å². The van der Waals surface area contributed by atoms with Gasteiger partial charge in [0.2, 0.25) is 0 Å². The van der Waals surface area contributed by atoms with Crippen molar-refractivity contribution in [3.8, 4) is 51.0 Å². The minimum Gasteiger partial charge on any atom is -0.456 e. The quantitative estimate of drug-likeness (QED) is 0.176. The van der Waals surface area contributed by atoms with E-state index in [4.69, 9.17) is 23.8 Å². The van der Waals surface area contributed by atoms with Gasteiger partial charge in [-0.3, -0.25) is 0 Å². The standard InChI is InChI=1S/C51H30N4O2/c1-3-13-31(14-4-1)49-52-50(32-15-5-2-6-16-32)54-51(53-49)39-20-12-24-45-48(39)38-27-25-33(29-46(38)57-45)35-19-11-23-44-47(35)40-30-34(26-28-43(40)56-44)55-41-21-9-7-17-36(41)37-18-8-10-22-42(37)55/h1-30H. The molecule has 0 saturated carbocycles. The maximum atomic E-state index is 6.64. The third-order valence-electron chi connectivity index (χ3n) is 11.1. The van der Waals surface area contributed by atoms with Crippen LogP contribution in [-0.2, 0) is 0 Å². The zero-order chi connectivity index (χ0) is 37.5. The van der Waals surface area contributed by atoms with E-state index in [1.54, 1.807) is 0 Å². The topological polar surface area (TPSA) is 69.9 Å². The van der Waals surface area contributed by atoms with Crippen LogP contribution in [0.1, 0.15) is 0 Å². The minimum atomic E-state index is 0.591. The second-order valence-corrected chi connectivity index (χ2v) is 14.4. The third kappa shape index (κ3) is 4.94. The Balaban J connectivity index is 1.02. The Hall–Kier alpha value is -7.83. The Bertz CT molecular complexity index is 3410. The fraction of sp³-hybridized carbons (Fsp3) is 0. The second kappa shape index (κ2) is 12.3. The predicted molar refractivity (Wildman–Crippen MR) is 230 cm³/mol. The highest BCUT2D eigenvalue weighted by Gasteiger charge is 2.20. The molecule has 12 rings (SSSR count). The third-order valence-corrected chi connectivity index (χ3v) is 11.1. The Morgan fingerprint density at radius 3 is 1.56 bits per heavy atom. The number of nitrogens with zero attached hydrogens (tertiary/aromatic N) is 4. The summed E-state index contributed by atoms with van der Waals surface area (Å²) < 4.78 is 15.5. The van der Waals surface area contributed by atoms with Gasteiger partial charge in [0.25, 0.3) is 0 Å². The molecule has 0 aliphatic carbocycles. The summed E-state index contributed by atoms with van der Waals surface area (Å²) in [5, 5.41) is 6.55. The molecule has 0 unspecified atom stereocenters. The van der Waals surface area contributed by atoms with Crippen molar-refractivity contribution < 1.29 is 8.83 Å². The molecule has 0 atom stereocenters. The average molecular weight is 731 g/mol. The fourth-order valence-corrected chi connectivity index (χ4v) is 8.50. The van der Waals surface area contributed by atoms with Crippen molar-refractivity contribution in [2.45, 2.75) is 0 Å². The van der Waals surface area contributed by atoms with Gasteiger partial charge in [-0.2, -0.15) is 0 Å². The first kappa shape index (κ1) is 31.5. The molecule has 0 N–H and O–H groups in total. The molecule has 0 radical (unpaired) electrons. The van der Waals surface area contributed by atoms with Gasteiger partial charge < -0.3 is 13.4 Å². The van der Waals surface area contributed by atoms with E-state index in [1.165, 1.54) is 21.8 Å². The summed E-state index contributed by atoms with van der Waals surface area (Å²) in [6.45, 7) is 0. The molecule has 266 valence electrons. The van der Waals surface area contributed by atoms with Gasteiger partial charge in [-0.15, -0.1) is 0 Å². The number of hydrogen-bond acceptors (Lipinski definition) is 5. The molecule has 0 saturated heterocycles. The van der Waals surface area contributed by atoms with Crippen LogP contribution in [0.3, 0.4) is 0 Å². The van der Waals surface area contributed by atoms with Crippen LogP contribution < -0.4 is 0 Å². The van der Waals surface area contributed by atoms with Gasteiger partial charge in [0.05, 0.1) is 11.0 Å². The maximum absolute atomic E-state index is 6.64.